The van der Waals surface area contributed by atoms with E-state index >= 15 is 0 Å². The minimum Gasteiger partial charge on any atom is -0.488 e. The summed E-state index contributed by atoms with van der Waals surface area (Å²) in [6, 6.07) is 9.61. The van der Waals surface area contributed by atoms with Gasteiger partial charge in [0, 0.05) is 10.7 Å². The summed E-state index contributed by atoms with van der Waals surface area (Å²) in [5.74, 6) is 1.94. The van der Waals surface area contributed by atoms with E-state index in [1.165, 1.54) is 0 Å². The second kappa shape index (κ2) is 6.57. The van der Waals surface area contributed by atoms with Crippen molar-refractivity contribution in [3.8, 4) is 17.4 Å². The molecule has 0 saturated heterocycles. The molecular weight excluding hydrogens is 306 g/mol. The molecule has 1 heterocycles. The molecule has 0 radical (unpaired) electrons. The summed E-state index contributed by atoms with van der Waals surface area (Å²) in [7, 11) is 0. The van der Waals surface area contributed by atoms with Gasteiger partial charge in [-0.3, -0.25) is 0 Å². The molecular formula is C15H16BrNO2. The first kappa shape index (κ1) is 13.9. The topological polar surface area (TPSA) is 31.4 Å². The second-order valence-corrected chi connectivity index (χ2v) is 5.08. The fourth-order valence-electron chi connectivity index (χ4n) is 1.56. The van der Waals surface area contributed by atoms with Crippen molar-refractivity contribution in [1.82, 2.24) is 4.98 Å². The maximum Gasteiger partial charge on any atom is 0.262 e. The number of halogens is 1. The molecule has 0 aliphatic carbocycles. The van der Waals surface area contributed by atoms with Gasteiger partial charge in [-0.05, 0) is 43.2 Å². The van der Waals surface area contributed by atoms with E-state index < -0.39 is 0 Å². The van der Waals surface area contributed by atoms with Crippen molar-refractivity contribution >= 4 is 15.9 Å². The molecule has 0 amide bonds. The fraction of sp³-hybridized carbons (Fsp3) is 0.267. The van der Waals surface area contributed by atoms with Crippen LogP contribution in [0.15, 0.2) is 41.0 Å². The van der Waals surface area contributed by atoms with Gasteiger partial charge >= 0.3 is 0 Å². The van der Waals surface area contributed by atoms with Gasteiger partial charge in [0.1, 0.15) is 5.75 Å². The maximum absolute atomic E-state index is 5.85. The van der Waals surface area contributed by atoms with Crippen LogP contribution in [0.4, 0.5) is 0 Å². The standard InChI is InChI=1S/C15H16BrNO2/c1-3-9-18-13-5-4-8-17-15(13)19-14-10-12(16)7-6-11(14)2/h4-8,10H,3,9H2,1-2H3. The van der Waals surface area contributed by atoms with Crippen LogP contribution in [-0.2, 0) is 0 Å². The van der Waals surface area contributed by atoms with E-state index in [-0.39, 0.29) is 0 Å². The molecule has 0 aliphatic rings. The Hall–Kier alpha value is -1.55. The van der Waals surface area contributed by atoms with Crippen LogP contribution in [0.2, 0.25) is 0 Å². The number of pyridine rings is 1. The summed E-state index contributed by atoms with van der Waals surface area (Å²) in [6.07, 6.45) is 2.64. The van der Waals surface area contributed by atoms with Crippen LogP contribution < -0.4 is 9.47 Å². The Morgan fingerprint density at radius 3 is 2.84 bits per heavy atom. The van der Waals surface area contributed by atoms with Crippen molar-refractivity contribution in [1.29, 1.82) is 0 Å². The van der Waals surface area contributed by atoms with E-state index in [1.807, 2.05) is 37.3 Å². The zero-order valence-corrected chi connectivity index (χ0v) is 12.6. The first-order valence-corrected chi connectivity index (χ1v) is 7.02. The van der Waals surface area contributed by atoms with Crippen molar-refractivity contribution in [3.05, 3.63) is 46.6 Å². The predicted octanol–water partition coefficient (Wildman–Crippen LogP) is 4.73. The number of hydrogen-bond donors (Lipinski definition) is 0. The van der Waals surface area contributed by atoms with E-state index in [1.54, 1.807) is 6.20 Å². The van der Waals surface area contributed by atoms with Crippen molar-refractivity contribution in [2.24, 2.45) is 0 Å². The van der Waals surface area contributed by atoms with Gasteiger partial charge in [0.2, 0.25) is 0 Å². The maximum atomic E-state index is 5.85. The molecule has 1 aromatic carbocycles. The van der Waals surface area contributed by atoms with Gasteiger partial charge < -0.3 is 9.47 Å². The van der Waals surface area contributed by atoms with Gasteiger partial charge in [-0.2, -0.15) is 0 Å². The third-order valence-electron chi connectivity index (χ3n) is 2.55. The van der Waals surface area contributed by atoms with Crippen molar-refractivity contribution in [2.75, 3.05) is 6.61 Å². The molecule has 2 rings (SSSR count). The molecule has 0 bridgehead atoms. The average molecular weight is 322 g/mol. The summed E-state index contributed by atoms with van der Waals surface area (Å²) in [5.41, 5.74) is 1.05. The third-order valence-corrected chi connectivity index (χ3v) is 3.05. The molecule has 1 aromatic heterocycles. The molecule has 0 saturated carbocycles. The minimum atomic E-state index is 0.497. The zero-order valence-electron chi connectivity index (χ0n) is 11.0. The van der Waals surface area contributed by atoms with E-state index in [4.69, 9.17) is 9.47 Å². The molecule has 0 unspecified atom stereocenters. The number of benzene rings is 1. The van der Waals surface area contributed by atoms with Gasteiger partial charge in [-0.15, -0.1) is 0 Å². The van der Waals surface area contributed by atoms with Crippen molar-refractivity contribution in [2.45, 2.75) is 20.3 Å². The lowest BCUT2D eigenvalue weighted by Gasteiger charge is -2.12. The highest BCUT2D eigenvalue weighted by atomic mass is 79.9. The summed E-state index contributed by atoms with van der Waals surface area (Å²) in [6.45, 7) is 4.71. The van der Waals surface area contributed by atoms with Crippen LogP contribution in [-0.4, -0.2) is 11.6 Å². The molecule has 0 spiro atoms. The zero-order chi connectivity index (χ0) is 13.7. The number of aromatic nitrogens is 1. The summed E-state index contributed by atoms with van der Waals surface area (Å²) >= 11 is 3.44. The normalized spacial score (nSPS) is 10.3. The predicted molar refractivity (Wildman–Crippen MR) is 79.0 cm³/mol. The van der Waals surface area contributed by atoms with Gasteiger partial charge in [0.05, 0.1) is 6.61 Å². The Kier molecular flexibility index (Phi) is 4.80. The number of hydrogen-bond acceptors (Lipinski definition) is 3. The minimum absolute atomic E-state index is 0.497. The highest BCUT2D eigenvalue weighted by Crippen LogP contribution is 2.32. The number of rotatable bonds is 5. The van der Waals surface area contributed by atoms with Crippen LogP contribution in [0, 0.1) is 6.92 Å². The molecule has 0 fully saturated rings. The van der Waals surface area contributed by atoms with Gasteiger partial charge in [0.25, 0.3) is 5.88 Å². The number of nitrogens with zero attached hydrogens (tertiary/aromatic N) is 1. The van der Waals surface area contributed by atoms with Crippen molar-refractivity contribution < 1.29 is 9.47 Å². The monoisotopic (exact) mass is 321 g/mol. The Bertz CT molecular complexity index is 558. The molecule has 100 valence electrons. The lowest BCUT2D eigenvalue weighted by molar-refractivity contribution is 0.297. The quantitative estimate of drug-likeness (QED) is 0.797. The van der Waals surface area contributed by atoms with E-state index in [0.717, 1.165) is 22.2 Å². The summed E-state index contributed by atoms with van der Waals surface area (Å²) in [4.78, 5) is 4.24. The highest BCUT2D eigenvalue weighted by molar-refractivity contribution is 9.10. The highest BCUT2D eigenvalue weighted by Gasteiger charge is 2.09. The lowest BCUT2D eigenvalue weighted by Crippen LogP contribution is -1.99. The van der Waals surface area contributed by atoms with Crippen LogP contribution in [0.3, 0.4) is 0 Å². The molecule has 0 atom stereocenters. The van der Waals surface area contributed by atoms with Gasteiger partial charge in [-0.1, -0.05) is 28.9 Å². The Morgan fingerprint density at radius 1 is 1.21 bits per heavy atom. The lowest BCUT2D eigenvalue weighted by atomic mass is 10.2. The fourth-order valence-corrected chi connectivity index (χ4v) is 1.90. The van der Waals surface area contributed by atoms with Crippen molar-refractivity contribution in [3.63, 3.8) is 0 Å². The summed E-state index contributed by atoms with van der Waals surface area (Å²) in [5, 5.41) is 0. The van der Waals surface area contributed by atoms with Crippen LogP contribution >= 0.6 is 15.9 Å². The molecule has 3 nitrogen and oxygen atoms in total. The average Bonchev–Trinajstić information content (AvgIpc) is 2.42. The molecule has 2 aromatic rings. The summed E-state index contributed by atoms with van der Waals surface area (Å²) < 4.78 is 12.5. The van der Waals surface area contributed by atoms with E-state index in [2.05, 4.69) is 27.8 Å². The van der Waals surface area contributed by atoms with Gasteiger partial charge in [-0.25, -0.2) is 4.98 Å². The number of aryl methyl sites for hydroxylation is 1. The Balaban J connectivity index is 2.25. The molecule has 4 heteroatoms. The Labute approximate surface area is 121 Å². The number of ether oxygens (including phenoxy) is 2. The van der Waals surface area contributed by atoms with Crippen LogP contribution in [0.1, 0.15) is 18.9 Å². The smallest absolute Gasteiger partial charge is 0.262 e. The first-order chi connectivity index (χ1) is 9.20. The molecule has 0 aliphatic heterocycles. The second-order valence-electron chi connectivity index (χ2n) is 4.17. The van der Waals surface area contributed by atoms with E-state index in [9.17, 15) is 0 Å². The van der Waals surface area contributed by atoms with E-state index in [0.29, 0.717) is 18.2 Å². The largest absolute Gasteiger partial charge is 0.488 e. The van der Waals surface area contributed by atoms with Crippen LogP contribution in [0.25, 0.3) is 0 Å². The Morgan fingerprint density at radius 2 is 2.05 bits per heavy atom. The molecule has 0 N–H and O–H groups in total. The SMILES string of the molecule is CCCOc1cccnc1Oc1cc(Br)ccc1C. The first-order valence-electron chi connectivity index (χ1n) is 6.22. The molecule has 19 heavy (non-hydrogen) atoms. The van der Waals surface area contributed by atoms with Gasteiger partial charge in [0.15, 0.2) is 5.75 Å². The third kappa shape index (κ3) is 3.70. The van der Waals surface area contributed by atoms with Crippen LogP contribution in [0.5, 0.6) is 17.4 Å².